The van der Waals surface area contributed by atoms with Crippen LogP contribution in [-0.2, 0) is 28.3 Å². The molecule has 0 aliphatic carbocycles. The van der Waals surface area contributed by atoms with Gasteiger partial charge in [0, 0.05) is 17.2 Å². The van der Waals surface area contributed by atoms with Crippen molar-refractivity contribution in [2.45, 2.75) is 64.6 Å². The van der Waals surface area contributed by atoms with Crippen LogP contribution in [0.3, 0.4) is 0 Å². The van der Waals surface area contributed by atoms with Gasteiger partial charge < -0.3 is 29.0 Å². The van der Waals surface area contributed by atoms with Gasteiger partial charge in [-0.05, 0) is 44.9 Å². The van der Waals surface area contributed by atoms with Gasteiger partial charge in [0.1, 0.15) is 23.8 Å². The Hall–Kier alpha value is -3.47. The Kier molecular flexibility index (Phi) is 4.79. The highest BCUT2D eigenvalue weighted by Gasteiger charge is 2.45. The Morgan fingerprint density at radius 1 is 1.22 bits per heavy atom. The number of carbonyl (C=O) groups excluding carboxylic acids is 1. The molecule has 36 heavy (non-hydrogen) atoms. The number of rotatable bonds is 4. The smallest absolute Gasteiger partial charge is 0.343 e. The van der Waals surface area contributed by atoms with E-state index in [0.717, 1.165) is 11.1 Å². The van der Waals surface area contributed by atoms with Crippen molar-refractivity contribution < 1.29 is 29.2 Å². The third-order valence-electron chi connectivity index (χ3n) is 7.24. The normalized spacial score (nSPS) is 20.7. The largest absolute Gasteiger partial charge is 0.458 e. The van der Waals surface area contributed by atoms with Crippen LogP contribution in [0.15, 0.2) is 23.0 Å². The number of esters is 1. The number of cyclic esters (lactones) is 1. The Morgan fingerprint density at radius 3 is 2.72 bits per heavy atom. The second-order valence-corrected chi connectivity index (χ2v) is 10.1. The first-order valence-electron chi connectivity index (χ1n) is 12.0. The maximum atomic E-state index is 13.5. The Labute approximate surface area is 206 Å². The maximum Gasteiger partial charge on any atom is 0.343 e. The molecule has 3 aromatic rings. The van der Waals surface area contributed by atoms with Gasteiger partial charge in [0.05, 0.1) is 34.4 Å². The number of hydrogen-bond donors (Lipinski definition) is 3. The number of fused-ring (bicyclic) bond motifs is 5. The highest BCUT2D eigenvalue weighted by Crippen LogP contribution is 2.47. The second kappa shape index (κ2) is 7.52. The van der Waals surface area contributed by atoms with Gasteiger partial charge in [0.25, 0.3) is 5.56 Å². The van der Waals surface area contributed by atoms with E-state index >= 15 is 0 Å². The Bertz CT molecular complexity index is 1520. The second-order valence-electron chi connectivity index (χ2n) is 10.1. The van der Waals surface area contributed by atoms with Crippen molar-refractivity contribution in [1.29, 1.82) is 0 Å². The topological polar surface area (TPSA) is 132 Å². The molecule has 6 rings (SSSR count). The Balaban J connectivity index is 1.63. The van der Waals surface area contributed by atoms with E-state index < -0.39 is 17.3 Å². The van der Waals surface area contributed by atoms with Crippen LogP contribution < -0.4 is 20.3 Å². The van der Waals surface area contributed by atoms with Gasteiger partial charge >= 0.3 is 5.97 Å². The number of nitrogens with zero attached hydrogens (tertiary/aromatic N) is 2. The molecule has 5 heterocycles. The molecule has 0 amide bonds. The molecule has 0 unspecified atom stereocenters. The molecule has 10 heteroatoms. The summed E-state index contributed by atoms with van der Waals surface area (Å²) in [6, 6.07) is 5.17. The van der Waals surface area contributed by atoms with Crippen molar-refractivity contribution in [1.82, 2.24) is 14.9 Å². The summed E-state index contributed by atoms with van der Waals surface area (Å²) in [7, 11) is 0. The summed E-state index contributed by atoms with van der Waals surface area (Å²) >= 11 is 0. The van der Waals surface area contributed by atoms with Gasteiger partial charge in [0.15, 0.2) is 5.60 Å². The molecule has 2 atom stereocenters. The molecular weight excluding hydrogens is 466 g/mol. The van der Waals surface area contributed by atoms with E-state index in [-0.39, 0.29) is 49.1 Å². The van der Waals surface area contributed by atoms with Gasteiger partial charge in [-0.1, -0.05) is 13.0 Å². The SMILES string of the molecule is CC[C@@]1(O)C(=O)OCc2c1cc1n(c2=O)Cc2c-1nc1c([C@H](C)NC(C)(C)O)ccc3c1c2OCO3. The first-order valence-corrected chi connectivity index (χ1v) is 12.0. The van der Waals surface area contributed by atoms with E-state index in [1.807, 2.05) is 19.1 Å². The molecule has 1 aromatic carbocycles. The van der Waals surface area contributed by atoms with Crippen LogP contribution in [0.2, 0.25) is 0 Å². The van der Waals surface area contributed by atoms with Gasteiger partial charge in [0.2, 0.25) is 6.79 Å². The van der Waals surface area contributed by atoms with Crippen molar-refractivity contribution >= 4 is 16.9 Å². The fraction of sp³-hybridized carbons (Fsp3) is 0.423. The number of aromatic nitrogens is 2. The fourth-order valence-electron chi connectivity index (χ4n) is 5.52. The molecule has 3 aliphatic heterocycles. The minimum atomic E-state index is -1.90. The highest BCUT2D eigenvalue weighted by atomic mass is 16.7. The first kappa shape index (κ1) is 23.0. The van der Waals surface area contributed by atoms with E-state index in [0.29, 0.717) is 33.8 Å². The van der Waals surface area contributed by atoms with Crippen LogP contribution in [0.25, 0.3) is 22.3 Å². The summed E-state index contributed by atoms with van der Waals surface area (Å²) in [5, 5.41) is 25.3. The zero-order valence-electron chi connectivity index (χ0n) is 20.5. The summed E-state index contributed by atoms with van der Waals surface area (Å²) in [4.78, 5) is 31.0. The lowest BCUT2D eigenvalue weighted by atomic mass is 9.86. The third kappa shape index (κ3) is 3.11. The number of benzene rings is 1. The van der Waals surface area contributed by atoms with Crippen LogP contribution in [-0.4, -0.2) is 38.3 Å². The van der Waals surface area contributed by atoms with E-state index in [9.17, 15) is 19.8 Å². The van der Waals surface area contributed by atoms with Crippen molar-refractivity contribution in [3.05, 3.63) is 50.8 Å². The van der Waals surface area contributed by atoms with E-state index in [1.54, 1.807) is 31.4 Å². The fourth-order valence-corrected chi connectivity index (χ4v) is 5.52. The van der Waals surface area contributed by atoms with Crippen LogP contribution in [0, 0.1) is 0 Å². The summed E-state index contributed by atoms with van der Waals surface area (Å²) in [5.41, 5.74) is 0.401. The van der Waals surface area contributed by atoms with Gasteiger partial charge in [-0.2, -0.15) is 0 Å². The number of nitrogens with one attached hydrogen (secondary N) is 1. The van der Waals surface area contributed by atoms with Crippen molar-refractivity contribution in [2.24, 2.45) is 0 Å². The van der Waals surface area contributed by atoms with E-state index in [2.05, 4.69) is 5.32 Å². The van der Waals surface area contributed by atoms with Crippen molar-refractivity contribution in [3.8, 4) is 22.9 Å². The molecule has 10 nitrogen and oxygen atoms in total. The lowest BCUT2D eigenvalue weighted by molar-refractivity contribution is -0.172. The predicted octanol–water partition coefficient (Wildman–Crippen LogP) is 2.19. The van der Waals surface area contributed by atoms with Crippen molar-refractivity contribution in [3.63, 3.8) is 0 Å². The number of pyridine rings is 2. The molecule has 0 bridgehead atoms. The number of carbonyl (C=O) groups is 1. The number of ether oxygens (including phenoxy) is 3. The maximum absolute atomic E-state index is 13.5. The quantitative estimate of drug-likeness (QED) is 0.289. The molecular formula is C26H27N3O7. The molecule has 188 valence electrons. The minimum absolute atomic E-state index is 0.0229. The lowest BCUT2D eigenvalue weighted by Crippen LogP contribution is -2.44. The monoisotopic (exact) mass is 493 g/mol. The molecule has 0 fully saturated rings. The van der Waals surface area contributed by atoms with Crippen LogP contribution in [0.1, 0.15) is 62.4 Å². The molecule has 3 aliphatic rings. The van der Waals surface area contributed by atoms with Crippen LogP contribution in [0.5, 0.6) is 11.5 Å². The summed E-state index contributed by atoms with van der Waals surface area (Å²) < 4.78 is 18.5. The zero-order chi connectivity index (χ0) is 25.6. The minimum Gasteiger partial charge on any atom is -0.458 e. The molecule has 0 radical (unpaired) electrons. The first-order chi connectivity index (χ1) is 17.0. The standard InChI is InChI=1S/C26H27N3O7/c1-5-26(33)16-8-17-20-14(9-29(17)23(30)15(16)10-34-24(26)31)22-19-18(35-11-36-22)7-6-13(21(19)27-20)12(2)28-25(3,4)32/h6-8,12,28,32-33H,5,9-11H2,1-4H3/t12-,26-/m0/s1. The molecule has 0 saturated carbocycles. The highest BCUT2D eigenvalue weighted by molar-refractivity contribution is 5.98. The molecule has 3 N–H and O–H groups in total. The average Bonchev–Trinajstić information content (AvgIpc) is 3.20. The average molecular weight is 494 g/mol. The van der Waals surface area contributed by atoms with Crippen LogP contribution >= 0.6 is 0 Å². The van der Waals surface area contributed by atoms with Gasteiger partial charge in [-0.25, -0.2) is 9.78 Å². The van der Waals surface area contributed by atoms with Gasteiger partial charge in [-0.3, -0.25) is 10.1 Å². The summed E-state index contributed by atoms with van der Waals surface area (Å²) in [5.74, 6) is 0.455. The Morgan fingerprint density at radius 2 is 2.00 bits per heavy atom. The number of hydrogen-bond acceptors (Lipinski definition) is 9. The summed E-state index contributed by atoms with van der Waals surface area (Å²) in [6.07, 6.45) is 0.0685. The van der Waals surface area contributed by atoms with E-state index in [4.69, 9.17) is 19.2 Å². The molecule has 2 aromatic heterocycles. The lowest BCUT2D eigenvalue weighted by Gasteiger charge is -2.31. The summed E-state index contributed by atoms with van der Waals surface area (Å²) in [6.45, 7) is 6.99. The third-order valence-corrected chi connectivity index (χ3v) is 7.24. The molecule has 0 saturated heterocycles. The molecule has 0 spiro atoms. The van der Waals surface area contributed by atoms with Crippen LogP contribution in [0.4, 0.5) is 0 Å². The van der Waals surface area contributed by atoms with Gasteiger partial charge in [-0.15, -0.1) is 0 Å². The predicted molar refractivity (Wildman–Crippen MR) is 128 cm³/mol. The van der Waals surface area contributed by atoms with Crippen molar-refractivity contribution in [2.75, 3.05) is 6.79 Å². The van der Waals surface area contributed by atoms with E-state index in [1.165, 1.54) is 0 Å². The number of aliphatic hydroxyl groups is 2. The zero-order valence-corrected chi connectivity index (χ0v) is 20.5.